The van der Waals surface area contributed by atoms with Gasteiger partial charge in [-0.05, 0) is 33.0 Å². The number of rotatable bonds is 13. The number of nitrogens with zero attached hydrogens (tertiary/aromatic N) is 5. The summed E-state index contributed by atoms with van der Waals surface area (Å²) in [6.45, 7) is 3.16. The molecule has 2 aliphatic rings. The van der Waals surface area contributed by atoms with Crippen LogP contribution in [0, 0.1) is 0 Å². The number of nitrogens with one attached hydrogen (secondary N) is 2. The zero-order chi connectivity index (χ0) is 32.4. The number of amides is 2. The van der Waals surface area contributed by atoms with Gasteiger partial charge in [-0.15, -0.1) is 11.8 Å². The molecule has 1 saturated heterocycles. The third-order valence-electron chi connectivity index (χ3n) is 7.23. The fraction of sp³-hybridized carbons (Fsp3) is 0.370. The van der Waals surface area contributed by atoms with E-state index in [1.165, 1.54) is 23.6 Å². The van der Waals surface area contributed by atoms with Crippen LogP contribution in [0.15, 0.2) is 47.0 Å². The van der Waals surface area contributed by atoms with E-state index in [9.17, 15) is 24.3 Å². The van der Waals surface area contributed by atoms with Crippen molar-refractivity contribution in [1.82, 2.24) is 25.1 Å². The highest BCUT2D eigenvalue weighted by Gasteiger charge is 2.55. The van der Waals surface area contributed by atoms with Crippen molar-refractivity contribution in [1.29, 1.82) is 0 Å². The molecule has 0 spiro atoms. The van der Waals surface area contributed by atoms with Gasteiger partial charge in [0.25, 0.3) is 11.8 Å². The zero-order valence-corrected chi connectivity index (χ0v) is 26.5. The molecule has 5 heterocycles. The van der Waals surface area contributed by atoms with Gasteiger partial charge in [-0.2, -0.15) is 4.57 Å². The number of aryl methyl sites for hydroxylation is 1. The molecule has 3 aromatic heterocycles. The highest BCUT2D eigenvalue weighted by molar-refractivity contribution is 8.00. The minimum absolute atomic E-state index is 0.00292. The van der Waals surface area contributed by atoms with Gasteiger partial charge < -0.3 is 36.0 Å². The number of hydrogen-bond acceptors (Lipinski definition) is 11. The summed E-state index contributed by atoms with van der Waals surface area (Å²) in [5.41, 5.74) is 7.44. The molecule has 0 radical (unpaired) electrons. The summed E-state index contributed by atoms with van der Waals surface area (Å²) in [4.78, 5) is 60.5. The highest BCUT2D eigenvalue weighted by Crippen LogP contribution is 2.40. The van der Waals surface area contributed by atoms with Crippen LogP contribution < -0.4 is 20.9 Å². The number of pyridine rings is 1. The number of carbonyl (C=O) groups excluding carboxylic acids is 2. The summed E-state index contributed by atoms with van der Waals surface area (Å²) in [5.74, 6) is -3.84. The first kappa shape index (κ1) is 32.2. The van der Waals surface area contributed by atoms with Gasteiger partial charge in [0.05, 0.1) is 0 Å². The molecule has 238 valence electrons. The standard InChI is InChI=1S/C27H29ClN8O7S2/c1-13(25(39)40)43-33-18(17-21(28)45-27(29)32-17)22(37)31-19-23(38)36-20(26(41)42)14(12-44-24(19)36)11-35-8-3-5-15-16(35)6-10-34(15)9-4-7-30-2/h3,5-6,8,10,13,19,24,30H,4,7,9,11-12H2,1-2H3,(H4-,29,31,32,37,39,40,41,42)/p+1/t13-,19?,24?/m1/s1. The second kappa shape index (κ2) is 13.4. The molecule has 2 aliphatic heterocycles. The van der Waals surface area contributed by atoms with Crippen molar-refractivity contribution in [2.45, 2.75) is 44.0 Å². The number of nitrogens with two attached hydrogens (primary N) is 1. The van der Waals surface area contributed by atoms with Crippen LogP contribution in [-0.2, 0) is 37.1 Å². The van der Waals surface area contributed by atoms with Crippen molar-refractivity contribution >= 4 is 80.3 Å². The minimum atomic E-state index is -1.40. The average molecular weight is 678 g/mol. The topological polar surface area (TPSA) is 205 Å². The number of carbonyl (C=O) groups is 4. The number of nitrogen functional groups attached to an aromatic ring is 1. The lowest BCUT2D eigenvalue weighted by atomic mass is 10.0. The smallest absolute Gasteiger partial charge is 0.352 e. The summed E-state index contributed by atoms with van der Waals surface area (Å²) in [6.07, 6.45) is 3.41. The quantitative estimate of drug-likeness (QED) is 0.0564. The van der Waals surface area contributed by atoms with Gasteiger partial charge in [-0.25, -0.2) is 14.6 Å². The molecule has 5 rings (SSSR count). The molecule has 2 unspecified atom stereocenters. The van der Waals surface area contributed by atoms with E-state index in [1.807, 2.05) is 42.2 Å². The highest BCUT2D eigenvalue weighted by atomic mass is 35.5. The van der Waals surface area contributed by atoms with E-state index in [1.54, 1.807) is 0 Å². The van der Waals surface area contributed by atoms with E-state index in [0.717, 1.165) is 41.9 Å². The van der Waals surface area contributed by atoms with Crippen molar-refractivity contribution in [2.75, 3.05) is 25.1 Å². The Bertz CT molecular complexity index is 1740. The average Bonchev–Trinajstić information content (AvgIpc) is 3.57. The first-order chi connectivity index (χ1) is 21.5. The van der Waals surface area contributed by atoms with E-state index >= 15 is 0 Å². The second-order valence-electron chi connectivity index (χ2n) is 10.2. The summed E-state index contributed by atoms with van der Waals surface area (Å²) in [5, 5.41) is 28.0. The Kier molecular flexibility index (Phi) is 9.62. The summed E-state index contributed by atoms with van der Waals surface area (Å²) in [7, 11) is 1.91. The minimum Gasteiger partial charge on any atom is -0.478 e. The van der Waals surface area contributed by atoms with Crippen LogP contribution >= 0.6 is 34.7 Å². The third kappa shape index (κ3) is 6.47. The monoisotopic (exact) mass is 677 g/mol. The molecule has 3 atom stereocenters. The van der Waals surface area contributed by atoms with Gasteiger partial charge in [0.2, 0.25) is 11.6 Å². The van der Waals surface area contributed by atoms with Crippen LogP contribution in [0.3, 0.4) is 0 Å². The maximum Gasteiger partial charge on any atom is 0.352 e. The number of fused-ring (bicyclic) bond motifs is 2. The molecule has 15 nitrogen and oxygen atoms in total. The molecule has 2 amide bonds. The van der Waals surface area contributed by atoms with Crippen molar-refractivity contribution in [2.24, 2.45) is 5.16 Å². The van der Waals surface area contributed by atoms with E-state index in [4.69, 9.17) is 27.3 Å². The van der Waals surface area contributed by atoms with Gasteiger partial charge in [0.15, 0.2) is 23.6 Å². The maximum absolute atomic E-state index is 13.3. The molecule has 45 heavy (non-hydrogen) atoms. The molecular formula is C27H30ClN8O7S2+. The lowest BCUT2D eigenvalue weighted by Crippen LogP contribution is -2.71. The Hall–Kier alpha value is -4.19. The van der Waals surface area contributed by atoms with Crippen LogP contribution in [0.5, 0.6) is 0 Å². The van der Waals surface area contributed by atoms with Crippen molar-refractivity contribution in [3.05, 3.63) is 51.9 Å². The molecule has 0 aliphatic carbocycles. The predicted octanol–water partition coefficient (Wildman–Crippen LogP) is 0.863. The summed E-state index contributed by atoms with van der Waals surface area (Å²) >= 11 is 8.35. The fourth-order valence-electron chi connectivity index (χ4n) is 5.03. The van der Waals surface area contributed by atoms with Gasteiger partial charge in [-0.3, -0.25) is 14.5 Å². The van der Waals surface area contributed by atoms with Crippen molar-refractivity contribution in [3.8, 4) is 0 Å². The number of anilines is 1. The predicted molar refractivity (Wildman–Crippen MR) is 167 cm³/mol. The van der Waals surface area contributed by atoms with E-state index in [-0.39, 0.29) is 27.4 Å². The number of hydrogen-bond donors (Lipinski definition) is 5. The Morgan fingerprint density at radius 2 is 2.11 bits per heavy atom. The molecule has 0 saturated carbocycles. The lowest BCUT2D eigenvalue weighted by Gasteiger charge is -2.49. The molecular weight excluding hydrogens is 648 g/mol. The second-order valence-corrected chi connectivity index (χ2v) is 12.9. The Balaban J connectivity index is 1.36. The number of β-lactam (4-membered cyclic amide) rings is 1. The Morgan fingerprint density at radius 1 is 1.33 bits per heavy atom. The molecule has 18 heteroatoms. The number of thioether (sulfide) groups is 1. The van der Waals surface area contributed by atoms with Crippen molar-refractivity contribution in [3.63, 3.8) is 0 Å². The zero-order valence-electron chi connectivity index (χ0n) is 24.1. The van der Waals surface area contributed by atoms with Gasteiger partial charge >= 0.3 is 11.9 Å². The molecule has 0 aromatic carbocycles. The number of carboxylic acids is 2. The first-order valence-corrected chi connectivity index (χ1v) is 16.0. The Morgan fingerprint density at radius 3 is 2.78 bits per heavy atom. The number of thiazole rings is 1. The van der Waals surface area contributed by atoms with Gasteiger partial charge in [-0.1, -0.05) is 28.1 Å². The van der Waals surface area contributed by atoms with E-state index in [2.05, 4.69) is 25.3 Å². The van der Waals surface area contributed by atoms with Gasteiger partial charge in [0, 0.05) is 36.2 Å². The number of aliphatic carboxylic acids is 2. The van der Waals surface area contributed by atoms with Crippen LogP contribution in [0.4, 0.5) is 5.13 Å². The summed E-state index contributed by atoms with van der Waals surface area (Å²) in [6, 6.07) is 4.79. The lowest BCUT2D eigenvalue weighted by molar-refractivity contribution is -0.663. The van der Waals surface area contributed by atoms with Crippen LogP contribution in [0.25, 0.3) is 11.0 Å². The third-order valence-corrected chi connectivity index (χ3v) is 9.65. The molecule has 6 N–H and O–H groups in total. The van der Waals surface area contributed by atoms with Crippen LogP contribution in [0.1, 0.15) is 19.0 Å². The van der Waals surface area contributed by atoms with Crippen LogP contribution in [0.2, 0.25) is 4.34 Å². The molecule has 3 aromatic rings. The maximum atomic E-state index is 13.3. The molecule has 0 bridgehead atoms. The SMILES string of the molecule is CNCCCn1ccc2c1ccc[n+]2CC1=C(C(=O)O)N2C(=O)C(NC(=O)C(=NO[C@H](C)C(=O)O)c3nc(N)sc3Cl)C2SC1. The van der Waals surface area contributed by atoms with E-state index < -0.39 is 47.0 Å². The first-order valence-electron chi connectivity index (χ1n) is 13.7. The van der Waals surface area contributed by atoms with Crippen molar-refractivity contribution < 1.29 is 38.8 Å². The largest absolute Gasteiger partial charge is 0.478 e. The fourth-order valence-corrected chi connectivity index (χ4v) is 7.29. The number of oxime groups is 1. The van der Waals surface area contributed by atoms with Gasteiger partial charge in [0.1, 0.15) is 32.7 Å². The Labute approximate surface area is 269 Å². The number of halogens is 1. The normalized spacial score (nSPS) is 18.9. The number of carboxylic acid groups (broad SMARTS) is 2. The molecule has 1 fully saturated rings. The number of aromatic nitrogens is 3. The van der Waals surface area contributed by atoms with Crippen LogP contribution in [-0.4, -0.2) is 91.0 Å². The van der Waals surface area contributed by atoms with E-state index in [0.29, 0.717) is 11.3 Å². The summed E-state index contributed by atoms with van der Waals surface area (Å²) < 4.78 is 4.10.